The minimum atomic E-state index is -0.330. The van der Waals surface area contributed by atoms with Gasteiger partial charge in [-0.1, -0.05) is 76.9 Å². The molecule has 0 radical (unpaired) electrons. The summed E-state index contributed by atoms with van der Waals surface area (Å²) in [6.07, 6.45) is 23.7. The molecule has 1 rings (SSSR count). The molecule has 0 aromatic heterocycles. The van der Waals surface area contributed by atoms with Gasteiger partial charge in [-0.15, -0.1) is 0 Å². The van der Waals surface area contributed by atoms with E-state index in [0.717, 1.165) is 23.7 Å². The fraction of sp³-hybridized carbons (Fsp3) is 0.857. The number of unbranched alkanes of at least 4 members (excludes halogenated alkanes) is 12. The van der Waals surface area contributed by atoms with Gasteiger partial charge in [-0.25, -0.2) is 5.06 Å². The molecule has 1 aliphatic rings. The van der Waals surface area contributed by atoms with Crippen molar-refractivity contribution < 1.29 is 5.21 Å². The van der Waals surface area contributed by atoms with Crippen LogP contribution < -0.4 is 5.73 Å². The zero-order chi connectivity index (χ0) is 18.2. The Hall–Kier alpha value is -0.870. The minimum Gasteiger partial charge on any atom is -0.308 e. The van der Waals surface area contributed by atoms with Crippen molar-refractivity contribution in [3.63, 3.8) is 0 Å². The van der Waals surface area contributed by atoms with Crippen molar-refractivity contribution in [3.05, 3.63) is 12.2 Å². The first-order chi connectivity index (χ1) is 12.3. The Bertz CT molecular complexity index is 368. The fourth-order valence-corrected chi connectivity index (χ4v) is 3.26. The molecule has 1 unspecified atom stereocenters. The number of hydroxylamine groups is 2. The molecule has 1 atom stereocenters. The Morgan fingerprint density at radius 1 is 0.920 bits per heavy atom. The molecule has 4 heteroatoms. The van der Waals surface area contributed by atoms with Crippen LogP contribution in [0.1, 0.15) is 103 Å². The summed E-state index contributed by atoms with van der Waals surface area (Å²) in [5, 5.41) is 10.8. The van der Waals surface area contributed by atoms with Crippen LogP contribution in [-0.2, 0) is 0 Å². The second-order valence-electron chi connectivity index (χ2n) is 7.36. The summed E-state index contributed by atoms with van der Waals surface area (Å²) < 4.78 is 0. The molecule has 1 heterocycles. The number of hydrogen-bond acceptors (Lipinski definition) is 4. The standard InChI is InChI=1S/C21H41N3O/c1-2-3-4-5-6-7-8-9-10-11-12-13-14-15-16-17-18-21-23-19-20(22)24(21)25/h9-10,20,25H,2-8,11-19,22H2,1H3/b10-9-. The van der Waals surface area contributed by atoms with Gasteiger partial charge in [-0.3, -0.25) is 10.2 Å². The lowest BCUT2D eigenvalue weighted by Gasteiger charge is -2.16. The predicted molar refractivity (Wildman–Crippen MR) is 108 cm³/mol. The fourth-order valence-electron chi connectivity index (χ4n) is 3.26. The third kappa shape index (κ3) is 11.4. The van der Waals surface area contributed by atoms with Gasteiger partial charge in [0, 0.05) is 6.42 Å². The van der Waals surface area contributed by atoms with Crippen LogP contribution in [0.25, 0.3) is 0 Å². The van der Waals surface area contributed by atoms with E-state index in [4.69, 9.17) is 5.73 Å². The van der Waals surface area contributed by atoms with Gasteiger partial charge in [-0.05, 0) is 32.1 Å². The van der Waals surface area contributed by atoms with Gasteiger partial charge < -0.3 is 5.73 Å². The molecular weight excluding hydrogens is 310 g/mol. The summed E-state index contributed by atoms with van der Waals surface area (Å²) in [7, 11) is 0. The van der Waals surface area contributed by atoms with Crippen LogP contribution in [0.15, 0.2) is 17.1 Å². The first kappa shape index (κ1) is 22.2. The molecule has 25 heavy (non-hydrogen) atoms. The zero-order valence-corrected chi connectivity index (χ0v) is 16.5. The van der Waals surface area contributed by atoms with E-state index < -0.39 is 0 Å². The minimum absolute atomic E-state index is 0.330. The number of nitrogens with two attached hydrogens (primary N) is 1. The van der Waals surface area contributed by atoms with Crippen LogP contribution >= 0.6 is 0 Å². The highest BCUT2D eigenvalue weighted by molar-refractivity contribution is 5.82. The Morgan fingerprint density at radius 3 is 1.96 bits per heavy atom. The first-order valence-electron chi connectivity index (χ1n) is 10.7. The van der Waals surface area contributed by atoms with E-state index in [-0.39, 0.29) is 6.17 Å². The van der Waals surface area contributed by atoms with Gasteiger partial charge in [0.25, 0.3) is 0 Å². The van der Waals surface area contributed by atoms with E-state index in [1.807, 2.05) is 0 Å². The molecule has 0 spiro atoms. The van der Waals surface area contributed by atoms with Crippen molar-refractivity contribution in [2.75, 3.05) is 6.54 Å². The average molecular weight is 352 g/mol. The van der Waals surface area contributed by atoms with Crippen molar-refractivity contribution in [1.82, 2.24) is 5.06 Å². The third-order valence-corrected chi connectivity index (χ3v) is 4.95. The summed E-state index contributed by atoms with van der Waals surface area (Å²) in [4.78, 5) is 4.27. The van der Waals surface area contributed by atoms with Gasteiger partial charge in [0.2, 0.25) is 0 Å². The van der Waals surface area contributed by atoms with E-state index in [1.54, 1.807) is 0 Å². The summed E-state index contributed by atoms with van der Waals surface area (Å²) in [5.41, 5.74) is 5.69. The topological polar surface area (TPSA) is 61.8 Å². The van der Waals surface area contributed by atoms with Gasteiger partial charge in [0.1, 0.15) is 12.0 Å². The van der Waals surface area contributed by atoms with Gasteiger partial charge in [-0.2, -0.15) is 0 Å². The summed E-state index contributed by atoms with van der Waals surface area (Å²) in [6.45, 7) is 2.80. The van der Waals surface area contributed by atoms with E-state index in [2.05, 4.69) is 24.1 Å². The van der Waals surface area contributed by atoms with E-state index in [0.29, 0.717) is 6.54 Å². The van der Waals surface area contributed by atoms with Crippen molar-refractivity contribution in [1.29, 1.82) is 0 Å². The number of allylic oxidation sites excluding steroid dienone is 2. The average Bonchev–Trinajstić information content (AvgIpc) is 2.93. The zero-order valence-electron chi connectivity index (χ0n) is 16.5. The Balaban J connectivity index is 1.78. The molecule has 0 saturated heterocycles. The highest BCUT2D eigenvalue weighted by atomic mass is 16.5. The molecule has 146 valence electrons. The van der Waals surface area contributed by atoms with Crippen LogP contribution in [-0.4, -0.2) is 28.8 Å². The second-order valence-corrected chi connectivity index (χ2v) is 7.36. The van der Waals surface area contributed by atoms with Gasteiger partial charge in [0.15, 0.2) is 0 Å². The lowest BCUT2D eigenvalue weighted by atomic mass is 10.1. The Kier molecular flexibility index (Phi) is 13.6. The maximum atomic E-state index is 9.65. The molecule has 0 aliphatic carbocycles. The number of amidine groups is 1. The molecule has 3 N–H and O–H groups in total. The number of aliphatic imine (C=N–C) groups is 1. The monoisotopic (exact) mass is 351 g/mol. The van der Waals surface area contributed by atoms with Crippen molar-refractivity contribution in [2.24, 2.45) is 10.7 Å². The molecule has 1 aliphatic heterocycles. The Labute approximate surface area is 155 Å². The van der Waals surface area contributed by atoms with Gasteiger partial charge >= 0.3 is 0 Å². The van der Waals surface area contributed by atoms with E-state index >= 15 is 0 Å². The highest BCUT2D eigenvalue weighted by Gasteiger charge is 2.21. The normalized spacial score (nSPS) is 17.6. The third-order valence-electron chi connectivity index (χ3n) is 4.95. The quantitative estimate of drug-likeness (QED) is 0.273. The second kappa shape index (κ2) is 15.4. The molecular formula is C21H41N3O. The molecule has 0 fully saturated rings. The van der Waals surface area contributed by atoms with Crippen molar-refractivity contribution in [2.45, 2.75) is 109 Å². The molecule has 0 bridgehead atoms. The maximum absolute atomic E-state index is 9.65. The van der Waals surface area contributed by atoms with Crippen LogP contribution in [0.5, 0.6) is 0 Å². The smallest absolute Gasteiger partial charge is 0.125 e. The van der Waals surface area contributed by atoms with E-state index in [1.165, 1.54) is 83.5 Å². The summed E-state index contributed by atoms with van der Waals surface area (Å²) in [6, 6.07) is 0. The molecule has 0 amide bonds. The maximum Gasteiger partial charge on any atom is 0.125 e. The molecule has 4 nitrogen and oxygen atoms in total. The predicted octanol–water partition coefficient (Wildman–Crippen LogP) is 5.80. The van der Waals surface area contributed by atoms with Crippen molar-refractivity contribution >= 4 is 5.84 Å². The Morgan fingerprint density at radius 2 is 1.44 bits per heavy atom. The van der Waals surface area contributed by atoms with E-state index in [9.17, 15) is 5.21 Å². The first-order valence-corrected chi connectivity index (χ1v) is 10.7. The summed E-state index contributed by atoms with van der Waals surface area (Å²) >= 11 is 0. The molecule has 0 aromatic rings. The number of hydrogen-bond donors (Lipinski definition) is 2. The number of nitrogens with zero attached hydrogens (tertiary/aromatic N) is 2. The number of rotatable bonds is 16. The van der Waals surface area contributed by atoms with Crippen LogP contribution in [0.4, 0.5) is 0 Å². The lowest BCUT2D eigenvalue weighted by Crippen LogP contribution is -2.40. The van der Waals surface area contributed by atoms with Crippen LogP contribution in [0, 0.1) is 0 Å². The summed E-state index contributed by atoms with van der Waals surface area (Å²) in [5.74, 6) is 0.767. The molecule has 0 aromatic carbocycles. The largest absolute Gasteiger partial charge is 0.308 e. The highest BCUT2D eigenvalue weighted by Crippen LogP contribution is 2.13. The van der Waals surface area contributed by atoms with Crippen LogP contribution in [0.3, 0.4) is 0 Å². The molecule has 0 saturated carbocycles. The lowest BCUT2D eigenvalue weighted by molar-refractivity contribution is -0.0407. The van der Waals surface area contributed by atoms with Crippen molar-refractivity contribution in [3.8, 4) is 0 Å². The van der Waals surface area contributed by atoms with Crippen LogP contribution in [0.2, 0.25) is 0 Å². The SMILES string of the molecule is CCCCCCCC/C=C\CCCCCCCCC1=NCC(N)N1O. The van der Waals surface area contributed by atoms with Gasteiger partial charge in [0.05, 0.1) is 6.54 Å².